The largest absolute Gasteiger partial charge is 0.400 e. The van der Waals surface area contributed by atoms with Crippen LogP contribution in [0.5, 0.6) is 0 Å². The number of carbonyl (C=O) groups excluding carboxylic acids is 1. The molecule has 0 atom stereocenters. The van der Waals surface area contributed by atoms with E-state index in [1.807, 2.05) is 6.07 Å². The number of rotatable bonds is 7. The van der Waals surface area contributed by atoms with Crippen molar-refractivity contribution < 1.29 is 22.2 Å². The third-order valence-corrected chi connectivity index (χ3v) is 6.25. The van der Waals surface area contributed by atoms with Crippen LogP contribution in [0.15, 0.2) is 80.7 Å². The van der Waals surface area contributed by atoms with E-state index in [-0.39, 0.29) is 34.7 Å². The van der Waals surface area contributed by atoms with Crippen LogP contribution in [-0.4, -0.2) is 36.2 Å². The summed E-state index contributed by atoms with van der Waals surface area (Å²) in [5.41, 5.74) is 0.784. The minimum Gasteiger partial charge on any atom is -0.400 e. The highest BCUT2D eigenvalue weighted by atomic mass is 32.2. The normalized spacial score (nSPS) is 11.3. The maximum Gasteiger partial charge on any atom is 0.322 e. The number of sulfonamides is 1. The number of para-hydroxylation sites is 1. The van der Waals surface area contributed by atoms with Gasteiger partial charge in [-0.1, -0.05) is 28.5 Å². The molecular weight excluding hydrogens is 422 g/mol. The molecule has 2 aromatic heterocycles. The van der Waals surface area contributed by atoms with Gasteiger partial charge in [0.05, 0.1) is 16.8 Å². The molecule has 0 radical (unpaired) electrons. The molecule has 0 saturated heterocycles. The third-order valence-electron chi connectivity index (χ3n) is 4.33. The summed E-state index contributed by atoms with van der Waals surface area (Å²) in [5.74, 6) is -0.205. The molecule has 0 fully saturated rings. The second kappa shape index (κ2) is 8.40. The van der Waals surface area contributed by atoms with Crippen molar-refractivity contribution in [2.75, 3.05) is 16.2 Å². The predicted molar refractivity (Wildman–Crippen MR) is 111 cm³/mol. The fourth-order valence-electron chi connectivity index (χ4n) is 2.86. The highest BCUT2D eigenvalue weighted by Crippen LogP contribution is 2.24. The summed E-state index contributed by atoms with van der Waals surface area (Å²) in [4.78, 5) is 12.5. The van der Waals surface area contributed by atoms with Crippen LogP contribution in [0.4, 0.5) is 11.7 Å². The molecule has 1 amide bonds. The number of hydrogen-bond acceptors (Lipinski definition) is 8. The molecule has 0 bridgehead atoms. The molecule has 0 spiro atoms. The minimum atomic E-state index is -3.78. The van der Waals surface area contributed by atoms with Gasteiger partial charge in [-0.05, 0) is 43.3 Å². The second-order valence-electron chi connectivity index (χ2n) is 6.27. The Balaban J connectivity index is 1.50. The number of nitrogens with one attached hydrogen (secondary N) is 1. The first-order valence-electron chi connectivity index (χ1n) is 9.23. The zero-order valence-corrected chi connectivity index (χ0v) is 17.1. The number of aromatic nitrogens is 3. The number of anilines is 2. The number of benzene rings is 2. The number of carbonyl (C=O) groups is 1. The van der Waals surface area contributed by atoms with Crippen LogP contribution in [0.25, 0.3) is 11.7 Å². The Morgan fingerprint density at radius 2 is 1.77 bits per heavy atom. The monoisotopic (exact) mass is 439 g/mol. The average molecular weight is 439 g/mol. The van der Waals surface area contributed by atoms with Crippen LogP contribution in [0.3, 0.4) is 0 Å². The first kappa shape index (κ1) is 20.3. The summed E-state index contributed by atoms with van der Waals surface area (Å²) in [6, 6.07) is 15.8. The molecule has 0 saturated carbocycles. The maximum atomic E-state index is 13.0. The zero-order chi connectivity index (χ0) is 21.8. The number of amides is 1. The van der Waals surface area contributed by atoms with E-state index in [1.165, 1.54) is 40.8 Å². The molecule has 11 heteroatoms. The van der Waals surface area contributed by atoms with Crippen molar-refractivity contribution in [3.05, 3.63) is 72.4 Å². The van der Waals surface area contributed by atoms with Gasteiger partial charge in [-0.25, -0.2) is 8.42 Å². The minimum absolute atomic E-state index is 0.0646. The molecule has 0 unspecified atom stereocenters. The summed E-state index contributed by atoms with van der Waals surface area (Å²) in [7, 11) is -3.78. The number of nitrogens with zero attached hydrogens (tertiary/aromatic N) is 4. The van der Waals surface area contributed by atoms with Crippen molar-refractivity contribution in [1.29, 1.82) is 0 Å². The Morgan fingerprint density at radius 1 is 1.03 bits per heavy atom. The van der Waals surface area contributed by atoms with Gasteiger partial charge in [0.2, 0.25) is 5.76 Å². The Kier molecular flexibility index (Phi) is 5.50. The summed E-state index contributed by atoms with van der Waals surface area (Å²) < 4.78 is 37.6. The smallest absolute Gasteiger partial charge is 0.322 e. The van der Waals surface area contributed by atoms with Gasteiger partial charge in [-0.15, -0.1) is 5.10 Å². The van der Waals surface area contributed by atoms with Crippen LogP contribution in [0, 0.1) is 0 Å². The lowest BCUT2D eigenvalue weighted by molar-refractivity contribution is 0.102. The van der Waals surface area contributed by atoms with Crippen LogP contribution < -0.4 is 9.62 Å². The molecule has 158 valence electrons. The van der Waals surface area contributed by atoms with E-state index in [9.17, 15) is 13.2 Å². The van der Waals surface area contributed by atoms with E-state index < -0.39 is 15.9 Å². The fourth-order valence-corrected chi connectivity index (χ4v) is 4.33. The first-order chi connectivity index (χ1) is 15.0. The summed E-state index contributed by atoms with van der Waals surface area (Å²) in [5, 5.41) is 13.5. The molecule has 0 aliphatic carbocycles. The number of hydrogen-bond donors (Lipinski definition) is 1. The SMILES string of the molecule is CCN(c1ccccc1)S(=O)(=O)c1ccc(C(=O)Nc2nnc(-c3ccno3)o2)cc1. The lowest BCUT2D eigenvalue weighted by atomic mass is 10.2. The highest BCUT2D eigenvalue weighted by molar-refractivity contribution is 7.92. The Bertz CT molecular complexity index is 1270. The predicted octanol–water partition coefficient (Wildman–Crippen LogP) is 3.19. The topological polar surface area (TPSA) is 131 Å². The van der Waals surface area contributed by atoms with Gasteiger partial charge in [0.1, 0.15) is 0 Å². The molecule has 10 nitrogen and oxygen atoms in total. The molecule has 0 aliphatic rings. The van der Waals surface area contributed by atoms with Crippen molar-refractivity contribution in [1.82, 2.24) is 15.4 Å². The quantitative estimate of drug-likeness (QED) is 0.464. The fraction of sp³-hybridized carbons (Fsp3) is 0.100. The third kappa shape index (κ3) is 4.16. The average Bonchev–Trinajstić information content (AvgIpc) is 3.47. The van der Waals surface area contributed by atoms with Crippen molar-refractivity contribution in [3.8, 4) is 11.7 Å². The van der Waals surface area contributed by atoms with Crippen molar-refractivity contribution in [2.45, 2.75) is 11.8 Å². The van der Waals surface area contributed by atoms with Gasteiger partial charge in [0.15, 0.2) is 0 Å². The van der Waals surface area contributed by atoms with Gasteiger partial charge >= 0.3 is 6.01 Å². The van der Waals surface area contributed by atoms with Gasteiger partial charge in [0.25, 0.3) is 21.8 Å². The molecule has 1 N–H and O–H groups in total. The molecule has 2 heterocycles. The van der Waals surface area contributed by atoms with E-state index >= 15 is 0 Å². The summed E-state index contributed by atoms with van der Waals surface area (Å²) in [6.45, 7) is 2.02. The van der Waals surface area contributed by atoms with E-state index in [4.69, 9.17) is 8.94 Å². The van der Waals surface area contributed by atoms with E-state index in [0.717, 1.165) is 0 Å². The lowest BCUT2D eigenvalue weighted by Gasteiger charge is -2.22. The second-order valence-corrected chi connectivity index (χ2v) is 8.14. The Hall–Kier alpha value is -3.99. The van der Waals surface area contributed by atoms with E-state index in [1.54, 1.807) is 31.2 Å². The molecule has 4 aromatic rings. The molecular formula is C20H17N5O5S. The van der Waals surface area contributed by atoms with Gasteiger partial charge in [-0.3, -0.25) is 14.4 Å². The van der Waals surface area contributed by atoms with Crippen molar-refractivity contribution >= 4 is 27.6 Å². The standard InChI is InChI=1S/C20H17N5O5S/c1-2-25(15-6-4-3-5-7-15)31(27,28)16-10-8-14(9-11-16)18(26)22-20-24-23-19(29-20)17-12-13-21-30-17/h3-13H,2H2,1H3,(H,22,24,26). The van der Waals surface area contributed by atoms with E-state index in [2.05, 4.69) is 20.7 Å². The summed E-state index contributed by atoms with van der Waals surface area (Å²) in [6.07, 6.45) is 1.42. The van der Waals surface area contributed by atoms with Crippen molar-refractivity contribution in [2.24, 2.45) is 0 Å². The van der Waals surface area contributed by atoms with Crippen LogP contribution in [-0.2, 0) is 10.0 Å². The van der Waals surface area contributed by atoms with E-state index in [0.29, 0.717) is 5.69 Å². The van der Waals surface area contributed by atoms with Crippen molar-refractivity contribution in [3.63, 3.8) is 0 Å². The van der Waals surface area contributed by atoms with Crippen LogP contribution in [0.2, 0.25) is 0 Å². The Labute approximate surface area is 177 Å². The molecule has 31 heavy (non-hydrogen) atoms. The molecule has 2 aromatic carbocycles. The van der Waals surface area contributed by atoms with Crippen LogP contribution in [0.1, 0.15) is 17.3 Å². The molecule has 0 aliphatic heterocycles. The van der Waals surface area contributed by atoms with Gasteiger partial charge < -0.3 is 8.94 Å². The van der Waals surface area contributed by atoms with Gasteiger partial charge in [0, 0.05) is 18.2 Å². The lowest BCUT2D eigenvalue weighted by Crippen LogP contribution is -2.30. The summed E-state index contributed by atoms with van der Waals surface area (Å²) >= 11 is 0. The highest BCUT2D eigenvalue weighted by Gasteiger charge is 2.24. The first-order valence-corrected chi connectivity index (χ1v) is 10.7. The Morgan fingerprint density at radius 3 is 2.42 bits per heavy atom. The molecule has 4 rings (SSSR count). The maximum absolute atomic E-state index is 13.0. The van der Waals surface area contributed by atoms with Crippen LogP contribution >= 0.6 is 0 Å². The zero-order valence-electron chi connectivity index (χ0n) is 16.3. The van der Waals surface area contributed by atoms with Gasteiger partial charge in [-0.2, -0.15) is 0 Å².